The number of hydrogen-bond acceptors (Lipinski definition) is 5. The van der Waals surface area contributed by atoms with Gasteiger partial charge >= 0.3 is 18.3 Å². The predicted octanol–water partition coefficient (Wildman–Crippen LogP) is 8.81. The van der Waals surface area contributed by atoms with E-state index in [1.807, 2.05) is 6.07 Å². The first-order valence-corrected chi connectivity index (χ1v) is 14.8. The van der Waals surface area contributed by atoms with Crippen molar-refractivity contribution in [3.05, 3.63) is 81.9 Å². The molecular formula is C34H32F7N3O3. The average molecular weight is 664 g/mol. The number of carbonyl (C=O) groups is 2. The van der Waals surface area contributed by atoms with E-state index in [1.54, 1.807) is 13.0 Å². The molecule has 1 fully saturated rings. The first-order chi connectivity index (χ1) is 21.8. The molecule has 0 aliphatic heterocycles. The van der Waals surface area contributed by atoms with Crippen LogP contribution in [0.25, 0.3) is 11.1 Å². The number of anilines is 1. The van der Waals surface area contributed by atoms with Crippen LogP contribution >= 0.6 is 0 Å². The van der Waals surface area contributed by atoms with Gasteiger partial charge in [0.2, 0.25) is 0 Å². The molecule has 6 nitrogen and oxygen atoms in total. The van der Waals surface area contributed by atoms with Crippen LogP contribution in [0.1, 0.15) is 85.5 Å². The van der Waals surface area contributed by atoms with E-state index in [1.165, 1.54) is 32.0 Å². The number of nitrogens with zero attached hydrogens (tertiary/aromatic N) is 2. The van der Waals surface area contributed by atoms with E-state index in [0.717, 1.165) is 0 Å². The summed E-state index contributed by atoms with van der Waals surface area (Å²) in [5, 5.41) is 22.1. The smallest absolute Gasteiger partial charge is 0.416 e. The minimum atomic E-state index is -5.10. The van der Waals surface area contributed by atoms with Crippen LogP contribution in [0.5, 0.6) is 0 Å². The number of halogens is 7. The lowest BCUT2D eigenvalue weighted by Gasteiger charge is -2.29. The number of aromatic nitrogens is 1. The molecule has 0 spiro atoms. The zero-order valence-electron chi connectivity index (χ0n) is 25.7. The number of hydrogen-bond donors (Lipinski definition) is 2. The quantitative estimate of drug-likeness (QED) is 0.222. The third-order valence-corrected chi connectivity index (χ3v) is 8.78. The summed E-state index contributed by atoms with van der Waals surface area (Å²) >= 11 is 0. The maximum absolute atomic E-state index is 14.0. The van der Waals surface area contributed by atoms with Gasteiger partial charge in [-0.1, -0.05) is 6.07 Å². The summed E-state index contributed by atoms with van der Waals surface area (Å²) < 4.78 is 95.2. The Balaban J connectivity index is 1.71. The summed E-state index contributed by atoms with van der Waals surface area (Å²) in [5.41, 5.74) is -3.48. The van der Waals surface area contributed by atoms with E-state index in [9.17, 15) is 45.6 Å². The Kier molecular flexibility index (Phi) is 10.0. The highest BCUT2D eigenvalue weighted by atomic mass is 19.4. The molecule has 1 aliphatic carbocycles. The minimum Gasteiger partial charge on any atom is -0.481 e. The van der Waals surface area contributed by atoms with Crippen molar-refractivity contribution in [2.75, 3.05) is 11.9 Å². The number of carboxylic acids is 1. The lowest BCUT2D eigenvalue weighted by atomic mass is 9.78. The standard InChI is InChI=1S/C34H32F7N3O3/c1-18-10-24(35)8-9-25(18)26-15-27(20-6-4-19(5-7-20)11-30(46)47)44-28(16-42)31(26)43-17-29(45)32(2,3)21-12-22(33(36,37)38)14-23(13-21)34(39,40)41/h8-10,12-15,19-20,43H,4-7,11,17H2,1-3H3,(H,46,47)/t19-,20+. The number of aliphatic carboxylic acids is 1. The average Bonchev–Trinajstić information content (AvgIpc) is 2.98. The van der Waals surface area contributed by atoms with Crippen LogP contribution in [0.15, 0.2) is 42.5 Å². The van der Waals surface area contributed by atoms with Gasteiger partial charge in [0, 0.05) is 23.6 Å². The molecule has 0 unspecified atom stereocenters. The molecule has 2 N–H and O–H groups in total. The molecule has 1 aliphatic rings. The van der Waals surface area contributed by atoms with Crippen molar-refractivity contribution in [2.24, 2.45) is 5.92 Å². The minimum absolute atomic E-state index is 0.00927. The van der Waals surface area contributed by atoms with Crippen LogP contribution < -0.4 is 5.32 Å². The molecule has 0 radical (unpaired) electrons. The van der Waals surface area contributed by atoms with Crippen LogP contribution in [-0.2, 0) is 27.4 Å². The zero-order chi connectivity index (χ0) is 34.9. The number of aryl methyl sites for hydroxylation is 1. The van der Waals surface area contributed by atoms with E-state index < -0.39 is 58.6 Å². The van der Waals surface area contributed by atoms with E-state index in [-0.39, 0.29) is 35.7 Å². The lowest BCUT2D eigenvalue weighted by molar-refractivity contribution is -0.143. The Morgan fingerprint density at radius 1 is 0.915 bits per heavy atom. The summed E-state index contributed by atoms with van der Waals surface area (Å²) in [5.74, 6) is -2.25. The van der Waals surface area contributed by atoms with Gasteiger partial charge in [-0.05, 0) is 105 Å². The molecule has 0 amide bonds. The van der Waals surface area contributed by atoms with Crippen molar-refractivity contribution in [1.82, 2.24) is 4.98 Å². The van der Waals surface area contributed by atoms with Crippen molar-refractivity contribution in [1.29, 1.82) is 5.26 Å². The fourth-order valence-electron chi connectivity index (χ4n) is 5.95. The number of rotatable bonds is 9. The second-order valence-corrected chi connectivity index (χ2v) is 12.4. The molecule has 2 aromatic carbocycles. The fraction of sp³-hybridized carbons (Fsp3) is 0.412. The number of carbonyl (C=O) groups excluding carboxylic acids is 1. The fourth-order valence-corrected chi connectivity index (χ4v) is 5.95. The summed E-state index contributed by atoms with van der Waals surface area (Å²) in [4.78, 5) is 29.2. The van der Waals surface area contributed by atoms with E-state index in [2.05, 4.69) is 10.3 Å². The number of benzene rings is 2. The summed E-state index contributed by atoms with van der Waals surface area (Å²) in [6.45, 7) is 3.48. The Labute approximate surface area is 266 Å². The van der Waals surface area contributed by atoms with Crippen molar-refractivity contribution in [2.45, 2.75) is 76.6 Å². The molecule has 3 aromatic rings. The first kappa shape index (κ1) is 35.4. The predicted molar refractivity (Wildman–Crippen MR) is 159 cm³/mol. The van der Waals surface area contributed by atoms with Gasteiger partial charge in [-0.15, -0.1) is 0 Å². The number of nitriles is 1. The van der Waals surface area contributed by atoms with Crippen molar-refractivity contribution < 1.29 is 45.4 Å². The Morgan fingerprint density at radius 3 is 2.00 bits per heavy atom. The summed E-state index contributed by atoms with van der Waals surface area (Å²) in [6.07, 6.45) is -7.63. The molecule has 1 aromatic heterocycles. The number of nitrogens with one attached hydrogen (secondary N) is 1. The molecule has 0 bridgehead atoms. The topological polar surface area (TPSA) is 103 Å². The number of Topliss-reactive ketones (excluding diaryl/α,β-unsaturated/α-hetero) is 1. The van der Waals surface area contributed by atoms with Crippen LogP contribution in [0.4, 0.5) is 36.4 Å². The van der Waals surface area contributed by atoms with Gasteiger partial charge in [-0.2, -0.15) is 31.6 Å². The van der Waals surface area contributed by atoms with E-state index in [0.29, 0.717) is 60.2 Å². The highest BCUT2D eigenvalue weighted by molar-refractivity contribution is 5.94. The van der Waals surface area contributed by atoms with Crippen LogP contribution in [0.2, 0.25) is 0 Å². The van der Waals surface area contributed by atoms with Gasteiger partial charge < -0.3 is 10.4 Å². The van der Waals surface area contributed by atoms with Crippen molar-refractivity contribution >= 4 is 17.4 Å². The molecule has 47 heavy (non-hydrogen) atoms. The summed E-state index contributed by atoms with van der Waals surface area (Å²) in [7, 11) is 0. The normalized spacial score (nSPS) is 17.2. The first-order valence-electron chi connectivity index (χ1n) is 14.8. The Morgan fingerprint density at radius 2 is 1.49 bits per heavy atom. The number of ketones is 1. The third-order valence-electron chi connectivity index (χ3n) is 8.78. The molecule has 4 rings (SSSR count). The lowest BCUT2D eigenvalue weighted by Crippen LogP contribution is -2.35. The van der Waals surface area contributed by atoms with Crippen LogP contribution in [0.3, 0.4) is 0 Å². The molecule has 1 saturated carbocycles. The van der Waals surface area contributed by atoms with Gasteiger partial charge in [-0.25, -0.2) is 9.37 Å². The highest BCUT2D eigenvalue weighted by Crippen LogP contribution is 2.42. The van der Waals surface area contributed by atoms with E-state index >= 15 is 0 Å². The molecule has 0 saturated heterocycles. The molecular weight excluding hydrogens is 631 g/mol. The van der Waals surface area contributed by atoms with Crippen LogP contribution in [-0.4, -0.2) is 28.4 Å². The maximum Gasteiger partial charge on any atom is 0.416 e. The maximum atomic E-state index is 14.0. The Bertz CT molecular complexity index is 1690. The second-order valence-electron chi connectivity index (χ2n) is 12.4. The van der Waals surface area contributed by atoms with Gasteiger partial charge in [0.05, 0.1) is 28.8 Å². The SMILES string of the molecule is Cc1cc(F)ccc1-c1cc([C@H]2CC[C@@H](CC(=O)O)CC2)nc(C#N)c1NCC(=O)C(C)(C)c1cc(C(F)(F)F)cc(C(F)(F)F)c1. The largest absolute Gasteiger partial charge is 0.481 e. The number of carboxylic acid groups (broad SMARTS) is 1. The molecule has 1 heterocycles. The zero-order valence-corrected chi connectivity index (χ0v) is 25.7. The summed E-state index contributed by atoms with van der Waals surface area (Å²) in [6, 6.07) is 8.73. The van der Waals surface area contributed by atoms with Gasteiger partial charge in [-0.3, -0.25) is 9.59 Å². The van der Waals surface area contributed by atoms with Crippen molar-refractivity contribution in [3.8, 4) is 17.2 Å². The molecule has 0 atom stereocenters. The number of alkyl halides is 6. The van der Waals surface area contributed by atoms with E-state index in [4.69, 9.17) is 5.11 Å². The van der Waals surface area contributed by atoms with Crippen LogP contribution in [0, 0.1) is 30.0 Å². The molecule has 13 heteroatoms. The van der Waals surface area contributed by atoms with Gasteiger partial charge in [0.15, 0.2) is 11.5 Å². The molecule has 250 valence electrons. The highest BCUT2D eigenvalue weighted by Gasteiger charge is 2.40. The number of pyridine rings is 1. The third kappa shape index (κ3) is 8.10. The van der Waals surface area contributed by atoms with Gasteiger partial charge in [0.1, 0.15) is 11.9 Å². The van der Waals surface area contributed by atoms with Gasteiger partial charge in [0.25, 0.3) is 0 Å². The Hall–Kier alpha value is -4.47. The van der Waals surface area contributed by atoms with Crippen molar-refractivity contribution in [3.63, 3.8) is 0 Å². The monoisotopic (exact) mass is 663 g/mol. The second kappa shape index (κ2) is 13.3.